The van der Waals surface area contributed by atoms with Crippen LogP contribution in [0.4, 0.5) is 0 Å². The van der Waals surface area contributed by atoms with E-state index in [4.69, 9.17) is 0 Å². The van der Waals surface area contributed by atoms with Gasteiger partial charge in [-0.1, -0.05) is 24.3 Å². The Labute approximate surface area is 75.6 Å². The zero-order valence-electron chi connectivity index (χ0n) is 7.03. The minimum Gasteiger partial charge on any atom is -0.359 e. The molecule has 0 spiro atoms. The van der Waals surface area contributed by atoms with Crippen LogP contribution < -0.4 is 0 Å². The molecule has 0 saturated carbocycles. The number of fused-ring (bicyclic) bond motifs is 1. The molecule has 2 N–H and O–H groups in total. The lowest BCUT2D eigenvalue weighted by Crippen LogP contribution is -2.42. The molecule has 0 radical (unpaired) electrons. The van der Waals surface area contributed by atoms with Crippen molar-refractivity contribution in [2.45, 2.75) is 18.6 Å². The van der Waals surface area contributed by atoms with E-state index in [0.29, 0.717) is 12.0 Å². The van der Waals surface area contributed by atoms with Crippen LogP contribution in [0.2, 0.25) is 0 Å². The van der Waals surface area contributed by atoms with Gasteiger partial charge in [-0.2, -0.15) is 0 Å². The summed E-state index contributed by atoms with van der Waals surface area (Å²) in [6.45, 7) is 0. The molecule has 3 nitrogen and oxygen atoms in total. The number of hydrogen-bond acceptors (Lipinski definition) is 3. The Morgan fingerprint density at radius 3 is 2.69 bits per heavy atom. The molecule has 0 aromatic heterocycles. The summed E-state index contributed by atoms with van der Waals surface area (Å²) in [5.74, 6) is -2.75. The quantitative estimate of drug-likeness (QED) is 0.569. The summed E-state index contributed by atoms with van der Waals surface area (Å²) >= 11 is 0. The van der Waals surface area contributed by atoms with Gasteiger partial charge in [-0.05, 0) is 12.0 Å². The second-order valence-electron chi connectivity index (χ2n) is 3.30. The van der Waals surface area contributed by atoms with E-state index in [-0.39, 0.29) is 6.42 Å². The highest BCUT2D eigenvalue weighted by Gasteiger charge is 2.38. The third-order valence-electron chi connectivity index (χ3n) is 2.37. The van der Waals surface area contributed by atoms with Gasteiger partial charge in [0.1, 0.15) is 0 Å². The van der Waals surface area contributed by atoms with Gasteiger partial charge in [0, 0.05) is 12.0 Å². The molecule has 3 heteroatoms. The summed E-state index contributed by atoms with van der Waals surface area (Å²) in [6, 6.07) is 7.02. The van der Waals surface area contributed by atoms with Gasteiger partial charge in [0.25, 0.3) is 0 Å². The molecule has 1 aromatic carbocycles. The highest BCUT2D eigenvalue weighted by molar-refractivity contribution is 6.03. The first-order chi connectivity index (χ1) is 6.11. The second-order valence-corrected chi connectivity index (χ2v) is 3.30. The maximum Gasteiger partial charge on any atom is 0.229 e. The lowest BCUT2D eigenvalue weighted by atomic mass is 9.86. The molecule has 13 heavy (non-hydrogen) atoms. The molecule has 2 rings (SSSR count). The fourth-order valence-electron chi connectivity index (χ4n) is 1.60. The Morgan fingerprint density at radius 1 is 1.23 bits per heavy atom. The zero-order valence-corrected chi connectivity index (χ0v) is 7.03. The molecule has 0 amide bonds. The normalized spacial score (nSPS) is 19.7. The predicted molar refractivity (Wildman–Crippen MR) is 46.3 cm³/mol. The van der Waals surface area contributed by atoms with Crippen molar-refractivity contribution in [3.63, 3.8) is 0 Å². The number of hydrogen-bond donors (Lipinski definition) is 2. The van der Waals surface area contributed by atoms with Crippen molar-refractivity contribution < 1.29 is 15.0 Å². The average Bonchev–Trinajstić information content (AvgIpc) is 2.13. The molecule has 0 heterocycles. The molecule has 0 saturated heterocycles. The molecule has 0 fully saturated rings. The highest BCUT2D eigenvalue weighted by Crippen LogP contribution is 2.26. The Morgan fingerprint density at radius 2 is 1.92 bits per heavy atom. The molecule has 1 aliphatic carbocycles. The first-order valence-corrected chi connectivity index (χ1v) is 4.19. The Hall–Kier alpha value is -1.19. The van der Waals surface area contributed by atoms with Gasteiger partial charge in [0.05, 0.1) is 0 Å². The van der Waals surface area contributed by atoms with Crippen molar-refractivity contribution in [1.29, 1.82) is 0 Å². The van der Waals surface area contributed by atoms with Crippen molar-refractivity contribution in [3.05, 3.63) is 35.4 Å². The van der Waals surface area contributed by atoms with Crippen LogP contribution in [0.25, 0.3) is 0 Å². The monoisotopic (exact) mass is 178 g/mol. The summed E-state index contributed by atoms with van der Waals surface area (Å²) in [6.07, 6.45) is 0.623. The number of ketones is 1. The molecule has 0 bridgehead atoms. The summed E-state index contributed by atoms with van der Waals surface area (Å²) in [4.78, 5) is 11.4. The summed E-state index contributed by atoms with van der Waals surface area (Å²) in [5, 5.41) is 18.6. The minimum absolute atomic E-state index is 0.0862. The molecule has 0 atom stereocenters. The van der Waals surface area contributed by atoms with Gasteiger partial charge in [-0.25, -0.2) is 0 Å². The maximum atomic E-state index is 11.4. The second kappa shape index (κ2) is 2.65. The minimum atomic E-state index is -2.16. The summed E-state index contributed by atoms with van der Waals surface area (Å²) in [5.41, 5.74) is 1.32. The van der Waals surface area contributed by atoms with E-state index in [1.165, 1.54) is 0 Å². The van der Waals surface area contributed by atoms with Crippen molar-refractivity contribution in [2.75, 3.05) is 0 Å². The summed E-state index contributed by atoms with van der Waals surface area (Å²) in [7, 11) is 0. The van der Waals surface area contributed by atoms with E-state index in [1.54, 1.807) is 12.1 Å². The fourth-order valence-corrected chi connectivity index (χ4v) is 1.60. The molecule has 68 valence electrons. The maximum absolute atomic E-state index is 11.4. The average molecular weight is 178 g/mol. The van der Waals surface area contributed by atoms with Crippen LogP contribution in [0.5, 0.6) is 0 Å². The van der Waals surface area contributed by atoms with E-state index in [9.17, 15) is 15.0 Å². The van der Waals surface area contributed by atoms with Gasteiger partial charge < -0.3 is 10.2 Å². The summed E-state index contributed by atoms with van der Waals surface area (Å²) < 4.78 is 0. The van der Waals surface area contributed by atoms with E-state index >= 15 is 0 Å². The zero-order chi connectivity index (χ0) is 9.47. The number of aliphatic hydroxyl groups is 2. The van der Waals surface area contributed by atoms with Gasteiger partial charge >= 0.3 is 0 Å². The van der Waals surface area contributed by atoms with Crippen molar-refractivity contribution >= 4 is 5.78 Å². The van der Waals surface area contributed by atoms with Gasteiger partial charge in [-0.15, -0.1) is 0 Å². The largest absolute Gasteiger partial charge is 0.359 e. The van der Waals surface area contributed by atoms with Crippen LogP contribution in [0.15, 0.2) is 24.3 Å². The predicted octanol–water partition coefficient (Wildman–Crippen LogP) is 0.496. The number of carbonyl (C=O) groups excluding carboxylic acids is 1. The number of rotatable bonds is 0. The van der Waals surface area contributed by atoms with Crippen LogP contribution in [-0.4, -0.2) is 21.8 Å². The number of aryl methyl sites for hydroxylation is 1. The van der Waals surface area contributed by atoms with Crippen LogP contribution in [-0.2, 0) is 6.42 Å². The molecule has 0 unspecified atom stereocenters. The first-order valence-electron chi connectivity index (χ1n) is 4.19. The third-order valence-corrected chi connectivity index (χ3v) is 2.37. The van der Waals surface area contributed by atoms with Crippen molar-refractivity contribution in [3.8, 4) is 0 Å². The van der Waals surface area contributed by atoms with Crippen LogP contribution in [0.3, 0.4) is 0 Å². The van der Waals surface area contributed by atoms with E-state index < -0.39 is 11.6 Å². The molecular formula is C10H10O3. The fraction of sp³-hybridized carbons (Fsp3) is 0.300. The standard InChI is InChI=1S/C10H10O3/c11-9-8-4-2-1-3-7(8)5-6-10(9,12)13/h1-4,12-13H,5-6H2. The van der Waals surface area contributed by atoms with Gasteiger partial charge in [-0.3, -0.25) is 4.79 Å². The van der Waals surface area contributed by atoms with Gasteiger partial charge in [0.2, 0.25) is 11.6 Å². The number of carbonyl (C=O) groups is 1. The molecule has 1 aliphatic rings. The lowest BCUT2D eigenvalue weighted by molar-refractivity contribution is -0.127. The number of Topliss-reactive ketones (excluding diaryl/α,β-unsaturated/α-hetero) is 1. The Bertz CT molecular complexity index is 355. The highest BCUT2D eigenvalue weighted by atomic mass is 16.5. The number of benzene rings is 1. The molecular weight excluding hydrogens is 168 g/mol. The van der Waals surface area contributed by atoms with Crippen LogP contribution >= 0.6 is 0 Å². The molecule has 1 aromatic rings. The van der Waals surface area contributed by atoms with E-state index in [1.807, 2.05) is 12.1 Å². The topological polar surface area (TPSA) is 57.5 Å². The van der Waals surface area contributed by atoms with Crippen molar-refractivity contribution in [1.82, 2.24) is 0 Å². The first kappa shape index (κ1) is 8.41. The third kappa shape index (κ3) is 1.26. The lowest BCUT2D eigenvalue weighted by Gasteiger charge is -2.26. The smallest absolute Gasteiger partial charge is 0.229 e. The van der Waals surface area contributed by atoms with Gasteiger partial charge in [0.15, 0.2) is 0 Å². The SMILES string of the molecule is O=C1c2ccccc2CCC1(O)O. The Kier molecular flexibility index (Phi) is 1.71. The van der Waals surface area contributed by atoms with E-state index in [0.717, 1.165) is 5.56 Å². The Balaban J connectivity index is 2.52. The van der Waals surface area contributed by atoms with Crippen molar-refractivity contribution in [2.24, 2.45) is 0 Å². The molecule has 0 aliphatic heterocycles. The van der Waals surface area contributed by atoms with Crippen LogP contribution in [0, 0.1) is 0 Å². The van der Waals surface area contributed by atoms with E-state index in [2.05, 4.69) is 0 Å². The van der Waals surface area contributed by atoms with Crippen LogP contribution in [0.1, 0.15) is 22.3 Å².